The van der Waals surface area contributed by atoms with Gasteiger partial charge in [0.1, 0.15) is 5.67 Å². The molecule has 0 aliphatic rings. The highest BCUT2D eigenvalue weighted by Crippen LogP contribution is 2.29. The third-order valence-corrected chi connectivity index (χ3v) is 5.91. The van der Waals surface area contributed by atoms with Crippen LogP contribution in [-0.4, -0.2) is 26.6 Å². The number of alkyl halides is 1. The number of hydrogen-bond acceptors (Lipinski definition) is 3. The van der Waals surface area contributed by atoms with Crippen LogP contribution < -0.4 is 10.0 Å². The Morgan fingerprint density at radius 1 is 1.07 bits per heavy atom. The molecule has 0 spiro atoms. The number of carbonyl (C=O) groups is 1. The Morgan fingerprint density at radius 3 is 2.36 bits per heavy atom. The predicted octanol–water partition coefficient (Wildman–Crippen LogP) is 4.22. The van der Waals surface area contributed by atoms with E-state index in [-0.39, 0.29) is 18.2 Å². The van der Waals surface area contributed by atoms with Crippen molar-refractivity contribution < 1.29 is 17.6 Å². The fourth-order valence-corrected chi connectivity index (χ4v) is 3.90. The molecule has 28 heavy (non-hydrogen) atoms. The number of benzene rings is 2. The van der Waals surface area contributed by atoms with Crippen molar-refractivity contribution in [3.8, 4) is 11.1 Å². The molecule has 0 bridgehead atoms. The van der Waals surface area contributed by atoms with Crippen molar-refractivity contribution >= 4 is 21.6 Å². The number of sulfonamides is 1. The Balaban J connectivity index is 2.14. The van der Waals surface area contributed by atoms with Gasteiger partial charge in [-0.15, -0.1) is 0 Å². The lowest BCUT2D eigenvalue weighted by Crippen LogP contribution is -2.36. The van der Waals surface area contributed by atoms with Gasteiger partial charge in [0, 0.05) is 18.7 Å². The van der Waals surface area contributed by atoms with E-state index in [1.807, 2.05) is 24.3 Å². The van der Waals surface area contributed by atoms with E-state index in [2.05, 4.69) is 10.0 Å². The van der Waals surface area contributed by atoms with Gasteiger partial charge >= 0.3 is 0 Å². The normalized spacial score (nSPS) is 13.7. The van der Waals surface area contributed by atoms with Gasteiger partial charge in [-0.3, -0.25) is 4.79 Å². The van der Waals surface area contributed by atoms with Crippen LogP contribution in [0, 0.1) is 0 Å². The SMILES string of the molecule is CCCS(=O)(=O)NCC(C)(F)c1ccc(-c2cccc(NC(=O)CC)c2)cc1. The summed E-state index contributed by atoms with van der Waals surface area (Å²) in [6.45, 7) is 4.59. The number of amides is 1. The van der Waals surface area contributed by atoms with E-state index in [0.717, 1.165) is 11.1 Å². The first-order valence-corrected chi connectivity index (χ1v) is 11.0. The molecule has 7 heteroatoms. The van der Waals surface area contributed by atoms with Crippen LogP contribution in [-0.2, 0) is 20.5 Å². The Kier molecular flexibility index (Phi) is 7.32. The molecule has 0 fully saturated rings. The van der Waals surface area contributed by atoms with Gasteiger partial charge in [-0.1, -0.05) is 50.2 Å². The van der Waals surface area contributed by atoms with E-state index in [9.17, 15) is 17.6 Å². The van der Waals surface area contributed by atoms with Crippen LogP contribution in [0.25, 0.3) is 11.1 Å². The standard InChI is InChI=1S/C21H27FN2O3S/c1-4-13-28(26,27)23-15-21(3,22)18-11-9-16(10-12-18)17-7-6-8-19(14-17)24-20(25)5-2/h6-12,14,23H,4-5,13,15H2,1-3H3,(H,24,25). The molecule has 2 aromatic carbocycles. The summed E-state index contributed by atoms with van der Waals surface area (Å²) in [5, 5.41) is 2.81. The monoisotopic (exact) mass is 406 g/mol. The zero-order chi connectivity index (χ0) is 20.8. The minimum atomic E-state index is -3.47. The minimum absolute atomic E-state index is 0.0209. The summed E-state index contributed by atoms with van der Waals surface area (Å²) in [4.78, 5) is 11.6. The summed E-state index contributed by atoms with van der Waals surface area (Å²) < 4.78 is 40.9. The highest BCUT2D eigenvalue weighted by atomic mass is 32.2. The molecule has 0 saturated heterocycles. The summed E-state index contributed by atoms with van der Waals surface area (Å²) in [6, 6.07) is 14.3. The van der Waals surface area contributed by atoms with Crippen LogP contribution in [0.1, 0.15) is 39.2 Å². The molecule has 152 valence electrons. The van der Waals surface area contributed by atoms with Crippen molar-refractivity contribution in [2.75, 3.05) is 17.6 Å². The maximum absolute atomic E-state index is 15.0. The molecule has 1 unspecified atom stereocenters. The van der Waals surface area contributed by atoms with Gasteiger partial charge in [0.25, 0.3) is 0 Å². The summed E-state index contributed by atoms with van der Waals surface area (Å²) in [6.07, 6.45) is 0.876. The fraction of sp³-hybridized carbons (Fsp3) is 0.381. The maximum Gasteiger partial charge on any atom is 0.224 e. The first-order chi connectivity index (χ1) is 13.2. The Bertz CT molecular complexity index is 910. The molecule has 1 atom stereocenters. The molecule has 1 amide bonds. The van der Waals surface area contributed by atoms with E-state index in [0.29, 0.717) is 24.1 Å². The first kappa shape index (κ1) is 22.0. The van der Waals surface area contributed by atoms with E-state index in [1.165, 1.54) is 6.92 Å². The fourth-order valence-electron chi connectivity index (χ4n) is 2.72. The molecule has 0 heterocycles. The molecule has 0 aliphatic heterocycles. The van der Waals surface area contributed by atoms with Gasteiger partial charge in [0.05, 0.1) is 5.75 Å². The van der Waals surface area contributed by atoms with Gasteiger partial charge in [-0.25, -0.2) is 17.5 Å². The molecular formula is C21H27FN2O3S. The topological polar surface area (TPSA) is 75.3 Å². The van der Waals surface area contributed by atoms with Gasteiger partial charge in [-0.05, 0) is 42.2 Å². The lowest BCUT2D eigenvalue weighted by Gasteiger charge is -2.22. The number of rotatable bonds is 9. The van der Waals surface area contributed by atoms with Crippen molar-refractivity contribution in [1.82, 2.24) is 4.72 Å². The number of hydrogen-bond donors (Lipinski definition) is 2. The Labute approximate surface area is 166 Å². The second kappa shape index (κ2) is 9.30. The molecule has 0 aliphatic carbocycles. The van der Waals surface area contributed by atoms with Gasteiger partial charge in [0.2, 0.25) is 15.9 Å². The van der Waals surface area contributed by atoms with Crippen LogP contribution in [0.15, 0.2) is 48.5 Å². The third kappa shape index (κ3) is 6.14. The Hall–Kier alpha value is -2.25. The smallest absolute Gasteiger partial charge is 0.224 e. The average Bonchev–Trinajstić information content (AvgIpc) is 2.67. The number of halogens is 1. The minimum Gasteiger partial charge on any atom is -0.326 e. The quantitative estimate of drug-likeness (QED) is 0.655. The molecule has 2 N–H and O–H groups in total. The highest BCUT2D eigenvalue weighted by Gasteiger charge is 2.27. The van der Waals surface area contributed by atoms with E-state index >= 15 is 0 Å². The van der Waals surface area contributed by atoms with Crippen molar-refractivity contribution in [2.24, 2.45) is 0 Å². The van der Waals surface area contributed by atoms with Crippen molar-refractivity contribution in [3.63, 3.8) is 0 Å². The zero-order valence-electron chi connectivity index (χ0n) is 16.5. The third-order valence-electron chi connectivity index (χ3n) is 4.38. The second-order valence-electron chi connectivity index (χ2n) is 6.90. The Morgan fingerprint density at radius 2 is 1.75 bits per heavy atom. The molecule has 2 aromatic rings. The summed E-state index contributed by atoms with van der Waals surface area (Å²) >= 11 is 0. The number of anilines is 1. The predicted molar refractivity (Wildman–Crippen MR) is 111 cm³/mol. The van der Waals surface area contributed by atoms with Crippen LogP contribution in [0.3, 0.4) is 0 Å². The maximum atomic E-state index is 15.0. The summed E-state index contributed by atoms with van der Waals surface area (Å²) in [5.41, 5.74) is 1.04. The van der Waals surface area contributed by atoms with Gasteiger partial charge < -0.3 is 5.32 Å². The lowest BCUT2D eigenvalue weighted by atomic mass is 9.95. The summed E-state index contributed by atoms with van der Waals surface area (Å²) in [7, 11) is -3.47. The number of nitrogens with one attached hydrogen (secondary N) is 2. The zero-order valence-corrected chi connectivity index (χ0v) is 17.3. The first-order valence-electron chi connectivity index (χ1n) is 9.34. The summed E-state index contributed by atoms with van der Waals surface area (Å²) in [5.74, 6) is -0.0846. The largest absolute Gasteiger partial charge is 0.326 e. The van der Waals surface area contributed by atoms with Crippen LogP contribution in [0.2, 0.25) is 0 Å². The van der Waals surface area contributed by atoms with E-state index < -0.39 is 15.7 Å². The highest BCUT2D eigenvalue weighted by molar-refractivity contribution is 7.89. The van der Waals surface area contributed by atoms with E-state index in [1.54, 1.807) is 38.1 Å². The molecular weight excluding hydrogens is 379 g/mol. The molecule has 5 nitrogen and oxygen atoms in total. The molecule has 0 saturated carbocycles. The lowest BCUT2D eigenvalue weighted by molar-refractivity contribution is -0.115. The molecule has 2 rings (SSSR count). The van der Waals surface area contributed by atoms with Crippen molar-refractivity contribution in [1.29, 1.82) is 0 Å². The van der Waals surface area contributed by atoms with Crippen molar-refractivity contribution in [2.45, 2.75) is 39.3 Å². The van der Waals surface area contributed by atoms with Crippen LogP contribution in [0.5, 0.6) is 0 Å². The molecule has 0 radical (unpaired) electrons. The second-order valence-corrected chi connectivity index (χ2v) is 8.82. The molecule has 0 aromatic heterocycles. The van der Waals surface area contributed by atoms with E-state index in [4.69, 9.17) is 0 Å². The van der Waals surface area contributed by atoms with Crippen LogP contribution in [0.4, 0.5) is 10.1 Å². The van der Waals surface area contributed by atoms with Crippen LogP contribution >= 0.6 is 0 Å². The average molecular weight is 407 g/mol. The van der Waals surface area contributed by atoms with Gasteiger partial charge in [0.15, 0.2) is 0 Å². The van der Waals surface area contributed by atoms with Gasteiger partial charge in [-0.2, -0.15) is 0 Å². The number of carbonyl (C=O) groups excluding carboxylic acids is 1. The van der Waals surface area contributed by atoms with Crippen molar-refractivity contribution in [3.05, 3.63) is 54.1 Å².